The zero-order chi connectivity index (χ0) is 46.0. The maximum Gasteiger partial charge on any atom is 0.242 e. The van der Waals surface area contributed by atoms with E-state index in [0.717, 1.165) is 25.7 Å². The fraction of sp³-hybridized carbons (Fsp3) is 0.290. The summed E-state index contributed by atoms with van der Waals surface area (Å²) < 4.78 is 0. The van der Waals surface area contributed by atoms with Crippen LogP contribution < -0.4 is 32.8 Å². The molecule has 0 bridgehead atoms. The molecule has 0 spiro atoms. The second kappa shape index (κ2) is 19.3. The van der Waals surface area contributed by atoms with E-state index in [1.54, 1.807) is 0 Å². The van der Waals surface area contributed by atoms with Gasteiger partial charge in [-0.15, -0.1) is 6.58 Å². The van der Waals surface area contributed by atoms with Gasteiger partial charge in [-0.1, -0.05) is 234 Å². The van der Waals surface area contributed by atoms with E-state index in [9.17, 15) is 0 Å². The highest BCUT2D eigenvalue weighted by molar-refractivity contribution is 6.97. The molecule has 7 rings (SSSR count). The number of hydrogen-bond donors (Lipinski definition) is 0. The third-order valence-corrected chi connectivity index (χ3v) is 14.6. The van der Waals surface area contributed by atoms with Gasteiger partial charge in [0.05, 0.1) is 0 Å². The van der Waals surface area contributed by atoms with Crippen LogP contribution in [0.1, 0.15) is 104 Å². The minimum atomic E-state index is 0.00164. The highest BCUT2D eigenvalue weighted by Gasteiger charge is 2.32. The van der Waals surface area contributed by atoms with Crippen molar-refractivity contribution in [2.24, 2.45) is 0 Å². The van der Waals surface area contributed by atoms with Crippen LogP contribution in [0.25, 0.3) is 11.1 Å². The minimum Gasteiger partial charge on any atom is -0.103 e. The Labute approximate surface area is 388 Å². The summed E-state index contributed by atoms with van der Waals surface area (Å²) in [5.41, 5.74) is 29.9. The topological polar surface area (TPSA) is 0 Å². The Morgan fingerprint density at radius 1 is 0.438 bits per heavy atom. The minimum absolute atomic E-state index is 0.00164. The summed E-state index contributed by atoms with van der Waals surface area (Å²) in [6, 6.07) is 47.3. The molecule has 7 aromatic carbocycles. The molecule has 0 amide bonds. The first-order valence-electron chi connectivity index (χ1n) is 23.8. The highest BCUT2D eigenvalue weighted by atomic mass is 14.3. The van der Waals surface area contributed by atoms with Crippen LogP contribution in [0.2, 0.25) is 0 Å². The van der Waals surface area contributed by atoms with E-state index in [1.165, 1.54) is 122 Å². The standard InChI is InChI=1S/C62H70B2/c1-15-29-62(16-2,55-24-26-56(27-25-55)63(58-44(7)31-40(3)32-45(58)8)59-46(9)33-41(4)34-47(59)10)30-28-52-20-22-53(23-21-52)54-18-17-19-57(39-54)64(60-48(11)35-42(5)36-49(60)12)61-50(13)37-43(6)38-51(61)14/h15,17-27,31-39H,1,16,28-30H2,2-14H3. The van der Waals surface area contributed by atoms with Gasteiger partial charge in [0.25, 0.3) is 0 Å². The van der Waals surface area contributed by atoms with E-state index >= 15 is 0 Å². The van der Waals surface area contributed by atoms with E-state index in [4.69, 9.17) is 0 Å². The van der Waals surface area contributed by atoms with Crippen LogP contribution in [0.3, 0.4) is 0 Å². The van der Waals surface area contributed by atoms with E-state index in [-0.39, 0.29) is 18.8 Å². The summed E-state index contributed by atoms with van der Waals surface area (Å²) in [6.45, 7) is 34.2. The number of aryl methyl sites for hydroxylation is 13. The zero-order valence-corrected chi connectivity index (χ0v) is 41.3. The van der Waals surface area contributed by atoms with Gasteiger partial charge in [0.15, 0.2) is 0 Å². The predicted molar refractivity (Wildman–Crippen MR) is 285 cm³/mol. The number of rotatable bonds is 14. The van der Waals surface area contributed by atoms with Gasteiger partial charge in [-0.05, 0) is 136 Å². The van der Waals surface area contributed by atoms with Crippen molar-refractivity contribution in [2.45, 2.75) is 121 Å². The smallest absolute Gasteiger partial charge is 0.103 e. The van der Waals surface area contributed by atoms with Crippen LogP contribution in [0, 0.1) is 83.1 Å². The summed E-state index contributed by atoms with van der Waals surface area (Å²) in [6.07, 6.45) is 6.22. The molecule has 1 unspecified atom stereocenters. The van der Waals surface area contributed by atoms with Crippen molar-refractivity contribution in [1.82, 2.24) is 0 Å². The molecule has 0 aliphatic heterocycles. The summed E-state index contributed by atoms with van der Waals surface area (Å²) in [4.78, 5) is 0. The number of allylic oxidation sites excluding steroid dienone is 1. The van der Waals surface area contributed by atoms with Crippen molar-refractivity contribution in [1.29, 1.82) is 0 Å². The van der Waals surface area contributed by atoms with Gasteiger partial charge >= 0.3 is 0 Å². The van der Waals surface area contributed by atoms with Crippen LogP contribution in [-0.2, 0) is 11.8 Å². The Hall–Kier alpha value is -5.59. The van der Waals surface area contributed by atoms with E-state index in [0.29, 0.717) is 0 Å². The Kier molecular flexibility index (Phi) is 14.0. The van der Waals surface area contributed by atoms with Crippen molar-refractivity contribution in [3.8, 4) is 11.1 Å². The molecule has 0 nitrogen and oxygen atoms in total. The lowest BCUT2D eigenvalue weighted by Crippen LogP contribution is -2.55. The van der Waals surface area contributed by atoms with Crippen molar-refractivity contribution in [2.75, 3.05) is 0 Å². The molecule has 0 saturated carbocycles. The third-order valence-electron chi connectivity index (χ3n) is 14.6. The average molecular weight is 837 g/mol. The Balaban J connectivity index is 1.18. The van der Waals surface area contributed by atoms with Crippen molar-refractivity contribution >= 4 is 46.2 Å². The fourth-order valence-corrected chi connectivity index (χ4v) is 11.9. The van der Waals surface area contributed by atoms with Gasteiger partial charge in [-0.2, -0.15) is 0 Å². The molecule has 0 aromatic heterocycles. The number of hydrogen-bond acceptors (Lipinski definition) is 0. The summed E-state index contributed by atoms with van der Waals surface area (Å²) >= 11 is 0. The predicted octanol–water partition coefficient (Wildman–Crippen LogP) is 11.9. The molecule has 324 valence electrons. The Bertz CT molecular complexity index is 2610. The molecular weight excluding hydrogens is 766 g/mol. The van der Waals surface area contributed by atoms with Crippen LogP contribution in [0.5, 0.6) is 0 Å². The van der Waals surface area contributed by atoms with Crippen LogP contribution in [-0.4, -0.2) is 13.4 Å². The molecular formula is C62H70B2. The second-order valence-electron chi connectivity index (χ2n) is 19.7. The van der Waals surface area contributed by atoms with Gasteiger partial charge in [0.2, 0.25) is 13.4 Å². The SMILES string of the molecule is C=CCC(CC)(CCc1ccc(-c2cccc(B(c3c(C)cc(C)cc3C)c3c(C)cc(C)cc3C)c2)cc1)c1ccc(B(c2c(C)cc(C)cc2C)c2c(C)cc(C)cc2C)cc1. The lowest BCUT2D eigenvalue weighted by Gasteiger charge is -2.33. The molecule has 0 heterocycles. The maximum absolute atomic E-state index is 4.28. The van der Waals surface area contributed by atoms with E-state index in [1.807, 2.05) is 0 Å². The molecule has 64 heavy (non-hydrogen) atoms. The lowest BCUT2D eigenvalue weighted by molar-refractivity contribution is 0.383. The van der Waals surface area contributed by atoms with Gasteiger partial charge in [0.1, 0.15) is 0 Å². The highest BCUT2D eigenvalue weighted by Crippen LogP contribution is 2.37. The Morgan fingerprint density at radius 3 is 1.20 bits per heavy atom. The van der Waals surface area contributed by atoms with Gasteiger partial charge in [0, 0.05) is 0 Å². The first kappa shape index (κ1) is 46.4. The molecule has 0 fully saturated rings. The second-order valence-corrected chi connectivity index (χ2v) is 19.7. The molecule has 1 atom stereocenters. The van der Waals surface area contributed by atoms with Crippen LogP contribution >= 0.6 is 0 Å². The normalized spacial score (nSPS) is 12.3. The quantitative estimate of drug-likeness (QED) is 0.0756. The van der Waals surface area contributed by atoms with Crippen LogP contribution in [0.15, 0.2) is 134 Å². The summed E-state index contributed by atoms with van der Waals surface area (Å²) in [5, 5.41) is 0. The maximum atomic E-state index is 4.28. The summed E-state index contributed by atoms with van der Waals surface area (Å²) in [7, 11) is 0. The lowest BCUT2D eigenvalue weighted by atomic mass is 9.34. The van der Waals surface area contributed by atoms with Crippen LogP contribution in [0.4, 0.5) is 0 Å². The molecule has 0 aliphatic carbocycles. The van der Waals surface area contributed by atoms with Gasteiger partial charge in [-0.3, -0.25) is 0 Å². The zero-order valence-electron chi connectivity index (χ0n) is 41.3. The largest absolute Gasteiger partial charge is 0.242 e. The Morgan fingerprint density at radius 2 is 0.828 bits per heavy atom. The monoisotopic (exact) mass is 837 g/mol. The molecule has 0 saturated heterocycles. The van der Waals surface area contributed by atoms with E-state index in [2.05, 4.69) is 224 Å². The van der Waals surface area contributed by atoms with Crippen molar-refractivity contribution in [3.63, 3.8) is 0 Å². The first-order valence-corrected chi connectivity index (χ1v) is 23.8. The van der Waals surface area contributed by atoms with Crippen molar-refractivity contribution < 1.29 is 0 Å². The first-order chi connectivity index (χ1) is 30.5. The molecule has 0 N–H and O–H groups in total. The average Bonchev–Trinajstić information content (AvgIpc) is 3.23. The van der Waals surface area contributed by atoms with Gasteiger partial charge in [-0.25, -0.2) is 0 Å². The molecule has 0 radical (unpaired) electrons. The molecule has 2 heteroatoms. The number of benzene rings is 7. The fourth-order valence-electron chi connectivity index (χ4n) is 11.9. The third kappa shape index (κ3) is 9.45. The molecule has 7 aromatic rings. The summed E-state index contributed by atoms with van der Waals surface area (Å²) in [5.74, 6) is 0. The van der Waals surface area contributed by atoms with E-state index < -0.39 is 0 Å². The van der Waals surface area contributed by atoms with Crippen molar-refractivity contribution in [3.05, 3.63) is 212 Å². The molecule has 0 aliphatic rings. The van der Waals surface area contributed by atoms with Gasteiger partial charge < -0.3 is 0 Å².